The Kier molecular flexibility index (Phi) is 4.20. The molecule has 1 aliphatic rings. The van der Waals surface area contributed by atoms with Crippen molar-refractivity contribution in [1.82, 2.24) is 4.90 Å². The van der Waals surface area contributed by atoms with Crippen molar-refractivity contribution in [2.75, 3.05) is 31.5 Å². The summed E-state index contributed by atoms with van der Waals surface area (Å²) in [6.07, 6.45) is 2.62. The summed E-state index contributed by atoms with van der Waals surface area (Å²) in [5.41, 5.74) is 2.17. The van der Waals surface area contributed by atoms with E-state index >= 15 is 0 Å². The fraction of sp³-hybridized carbons (Fsp3) is 0.500. The Bertz CT molecular complexity index is 426. The number of hydrogen-bond donors (Lipinski definition) is 2. The van der Waals surface area contributed by atoms with E-state index in [9.17, 15) is 4.79 Å². The summed E-state index contributed by atoms with van der Waals surface area (Å²) < 4.78 is 0. The van der Waals surface area contributed by atoms with Gasteiger partial charge in [-0.1, -0.05) is 0 Å². The molecule has 0 atom stereocenters. The monoisotopic (exact) mass is 248 g/mol. The lowest BCUT2D eigenvalue weighted by Crippen LogP contribution is -2.25. The number of carbonyl (C=O) groups is 1. The van der Waals surface area contributed by atoms with Crippen molar-refractivity contribution in [3.8, 4) is 0 Å². The smallest absolute Gasteiger partial charge is 0.335 e. The molecule has 0 aliphatic carbocycles. The third-order valence-corrected chi connectivity index (χ3v) is 3.41. The van der Waals surface area contributed by atoms with Crippen molar-refractivity contribution in [2.45, 2.75) is 19.8 Å². The molecule has 2 N–H and O–H groups in total. The van der Waals surface area contributed by atoms with Crippen LogP contribution in [-0.4, -0.2) is 42.2 Å². The van der Waals surface area contributed by atoms with Crippen LogP contribution >= 0.6 is 0 Å². The van der Waals surface area contributed by atoms with Crippen LogP contribution in [-0.2, 0) is 0 Å². The van der Waals surface area contributed by atoms with E-state index in [1.54, 1.807) is 6.07 Å². The quantitative estimate of drug-likeness (QED) is 0.838. The normalized spacial score (nSPS) is 15.8. The Morgan fingerprint density at radius 1 is 1.39 bits per heavy atom. The van der Waals surface area contributed by atoms with Crippen molar-refractivity contribution in [2.24, 2.45) is 0 Å². The lowest BCUT2D eigenvalue weighted by Gasteiger charge is -2.15. The maximum absolute atomic E-state index is 10.9. The Labute approximate surface area is 108 Å². The number of likely N-dealkylation sites (tertiary alicyclic amines) is 1. The average molecular weight is 248 g/mol. The summed E-state index contributed by atoms with van der Waals surface area (Å²) in [4.78, 5) is 13.3. The van der Waals surface area contributed by atoms with Gasteiger partial charge in [0.25, 0.3) is 0 Å². The predicted molar refractivity (Wildman–Crippen MR) is 72.3 cm³/mol. The Hall–Kier alpha value is -1.55. The molecule has 18 heavy (non-hydrogen) atoms. The highest BCUT2D eigenvalue weighted by atomic mass is 16.4. The number of aromatic carboxylic acids is 1. The zero-order valence-electron chi connectivity index (χ0n) is 10.8. The summed E-state index contributed by atoms with van der Waals surface area (Å²) in [5.74, 6) is -0.865. The van der Waals surface area contributed by atoms with E-state index in [0.29, 0.717) is 5.56 Å². The van der Waals surface area contributed by atoms with E-state index in [1.165, 1.54) is 25.9 Å². The number of benzene rings is 1. The number of nitrogens with one attached hydrogen (secondary N) is 1. The molecule has 4 nitrogen and oxygen atoms in total. The number of nitrogens with zero attached hydrogens (tertiary/aromatic N) is 1. The van der Waals surface area contributed by atoms with E-state index < -0.39 is 5.97 Å². The molecule has 1 fully saturated rings. The number of hydrogen-bond acceptors (Lipinski definition) is 3. The van der Waals surface area contributed by atoms with Crippen molar-refractivity contribution >= 4 is 11.7 Å². The molecule has 1 aliphatic heterocycles. The molecule has 1 heterocycles. The first-order valence-electron chi connectivity index (χ1n) is 6.47. The van der Waals surface area contributed by atoms with Crippen LogP contribution in [0, 0.1) is 6.92 Å². The van der Waals surface area contributed by atoms with Gasteiger partial charge in [-0.3, -0.25) is 0 Å². The van der Waals surface area contributed by atoms with Crippen LogP contribution in [0.25, 0.3) is 0 Å². The van der Waals surface area contributed by atoms with Crippen molar-refractivity contribution in [1.29, 1.82) is 0 Å². The summed E-state index contributed by atoms with van der Waals surface area (Å²) in [5, 5.41) is 12.3. The van der Waals surface area contributed by atoms with Gasteiger partial charge in [-0.2, -0.15) is 0 Å². The second-order valence-corrected chi connectivity index (χ2v) is 4.81. The first-order chi connectivity index (χ1) is 8.66. The molecule has 0 bridgehead atoms. The third kappa shape index (κ3) is 3.23. The fourth-order valence-electron chi connectivity index (χ4n) is 2.38. The Morgan fingerprint density at radius 3 is 2.72 bits per heavy atom. The Morgan fingerprint density at radius 2 is 2.11 bits per heavy atom. The summed E-state index contributed by atoms with van der Waals surface area (Å²) in [6, 6.07) is 5.39. The van der Waals surface area contributed by atoms with Crippen LogP contribution in [0.5, 0.6) is 0 Å². The number of carboxylic acids is 1. The minimum absolute atomic E-state index is 0.375. The second kappa shape index (κ2) is 5.87. The molecular formula is C14H20N2O2. The van der Waals surface area contributed by atoms with Gasteiger partial charge in [-0.25, -0.2) is 4.79 Å². The maximum atomic E-state index is 10.9. The molecule has 0 unspecified atom stereocenters. The van der Waals surface area contributed by atoms with Crippen LogP contribution < -0.4 is 5.32 Å². The molecule has 1 saturated heterocycles. The van der Waals surface area contributed by atoms with Crippen LogP contribution in [0.15, 0.2) is 18.2 Å². The van der Waals surface area contributed by atoms with Crippen LogP contribution in [0.3, 0.4) is 0 Å². The molecule has 0 saturated carbocycles. The summed E-state index contributed by atoms with van der Waals surface area (Å²) >= 11 is 0. The number of carboxylic acid groups (broad SMARTS) is 1. The topological polar surface area (TPSA) is 52.6 Å². The van der Waals surface area contributed by atoms with E-state index in [1.807, 2.05) is 19.1 Å². The number of rotatable bonds is 5. The van der Waals surface area contributed by atoms with E-state index in [-0.39, 0.29) is 0 Å². The minimum Gasteiger partial charge on any atom is -0.478 e. The molecule has 0 amide bonds. The van der Waals surface area contributed by atoms with Gasteiger partial charge in [0.2, 0.25) is 0 Å². The molecule has 0 aromatic heterocycles. The van der Waals surface area contributed by atoms with Gasteiger partial charge in [-0.15, -0.1) is 0 Å². The second-order valence-electron chi connectivity index (χ2n) is 4.81. The SMILES string of the molecule is Cc1cc(NCCN2CCCC2)ccc1C(=O)O. The highest BCUT2D eigenvalue weighted by molar-refractivity contribution is 5.89. The van der Waals surface area contributed by atoms with E-state index in [2.05, 4.69) is 10.2 Å². The zero-order chi connectivity index (χ0) is 13.0. The van der Waals surface area contributed by atoms with Gasteiger partial charge in [0.05, 0.1) is 5.56 Å². The molecule has 2 rings (SSSR count). The van der Waals surface area contributed by atoms with Crippen molar-refractivity contribution in [3.05, 3.63) is 29.3 Å². The summed E-state index contributed by atoms with van der Waals surface area (Å²) in [6.45, 7) is 6.21. The average Bonchev–Trinajstić information content (AvgIpc) is 2.81. The molecule has 0 radical (unpaired) electrons. The first kappa shape index (κ1) is 12.9. The standard InChI is InChI=1S/C14H20N2O2/c1-11-10-12(4-5-13(11)14(17)18)15-6-9-16-7-2-3-8-16/h4-5,10,15H,2-3,6-9H2,1H3,(H,17,18). The van der Waals surface area contributed by atoms with Crippen molar-refractivity contribution in [3.63, 3.8) is 0 Å². The third-order valence-electron chi connectivity index (χ3n) is 3.41. The van der Waals surface area contributed by atoms with E-state index in [4.69, 9.17) is 5.11 Å². The molecule has 1 aromatic carbocycles. The minimum atomic E-state index is -0.865. The fourth-order valence-corrected chi connectivity index (χ4v) is 2.38. The van der Waals surface area contributed by atoms with Gasteiger partial charge in [-0.05, 0) is 56.6 Å². The van der Waals surface area contributed by atoms with Crippen LogP contribution in [0.4, 0.5) is 5.69 Å². The first-order valence-corrected chi connectivity index (χ1v) is 6.47. The molecule has 98 valence electrons. The molecule has 1 aromatic rings. The van der Waals surface area contributed by atoms with Crippen LogP contribution in [0.2, 0.25) is 0 Å². The lowest BCUT2D eigenvalue weighted by atomic mass is 10.1. The van der Waals surface area contributed by atoms with Gasteiger partial charge in [0.1, 0.15) is 0 Å². The maximum Gasteiger partial charge on any atom is 0.335 e. The van der Waals surface area contributed by atoms with Crippen molar-refractivity contribution < 1.29 is 9.90 Å². The Balaban J connectivity index is 1.85. The zero-order valence-corrected chi connectivity index (χ0v) is 10.8. The summed E-state index contributed by atoms with van der Waals surface area (Å²) in [7, 11) is 0. The molecular weight excluding hydrogens is 228 g/mol. The lowest BCUT2D eigenvalue weighted by molar-refractivity contribution is 0.0696. The van der Waals surface area contributed by atoms with Gasteiger partial charge in [0, 0.05) is 18.8 Å². The largest absolute Gasteiger partial charge is 0.478 e. The van der Waals surface area contributed by atoms with Gasteiger partial charge in [0.15, 0.2) is 0 Å². The number of aryl methyl sites for hydroxylation is 1. The molecule has 4 heteroatoms. The van der Waals surface area contributed by atoms with E-state index in [0.717, 1.165) is 24.3 Å². The molecule has 0 spiro atoms. The predicted octanol–water partition coefficient (Wildman–Crippen LogP) is 2.20. The highest BCUT2D eigenvalue weighted by Gasteiger charge is 2.10. The van der Waals surface area contributed by atoms with Crippen LogP contribution in [0.1, 0.15) is 28.8 Å². The number of anilines is 1. The van der Waals surface area contributed by atoms with Gasteiger partial charge < -0.3 is 15.3 Å². The highest BCUT2D eigenvalue weighted by Crippen LogP contribution is 2.15. The van der Waals surface area contributed by atoms with Gasteiger partial charge >= 0.3 is 5.97 Å².